The molecule has 0 bridgehead atoms. The number of aliphatic carboxylic acids is 1. The van der Waals surface area contributed by atoms with Crippen LogP contribution in [0.5, 0.6) is 0 Å². The number of carboxylic acid groups (broad SMARTS) is 1. The second-order valence-electron chi connectivity index (χ2n) is 4.67. The molecule has 0 aliphatic rings. The van der Waals surface area contributed by atoms with Gasteiger partial charge < -0.3 is 10.4 Å². The average Bonchev–Trinajstić information content (AvgIpc) is 2.39. The number of sulfone groups is 1. The minimum absolute atomic E-state index is 0.136. The highest BCUT2D eigenvalue weighted by molar-refractivity contribution is 7.91. The van der Waals surface area contributed by atoms with Crippen molar-refractivity contribution in [3.8, 4) is 0 Å². The minimum Gasteiger partial charge on any atom is -0.481 e. The molecule has 0 fully saturated rings. The van der Waals surface area contributed by atoms with E-state index in [0.29, 0.717) is 24.3 Å². The highest BCUT2D eigenvalue weighted by Crippen LogP contribution is 2.16. The van der Waals surface area contributed by atoms with Crippen molar-refractivity contribution in [1.82, 2.24) is 0 Å². The summed E-state index contributed by atoms with van der Waals surface area (Å²) in [5, 5.41) is 12.0. The summed E-state index contributed by atoms with van der Waals surface area (Å²) in [5.41, 5.74) is 0.722. The van der Waals surface area contributed by atoms with Crippen molar-refractivity contribution in [3.05, 3.63) is 24.3 Å². The molecule has 20 heavy (non-hydrogen) atoms. The third-order valence-corrected chi connectivity index (χ3v) is 5.02. The molecule has 1 rings (SSSR count). The number of benzene rings is 1. The van der Waals surface area contributed by atoms with Crippen molar-refractivity contribution < 1.29 is 18.3 Å². The monoisotopic (exact) mass is 299 g/mol. The molecule has 1 aromatic rings. The van der Waals surface area contributed by atoms with Crippen molar-refractivity contribution in [2.75, 3.05) is 17.6 Å². The van der Waals surface area contributed by atoms with Gasteiger partial charge in [0, 0.05) is 12.2 Å². The second-order valence-corrected chi connectivity index (χ2v) is 6.78. The molecule has 0 radical (unpaired) electrons. The van der Waals surface area contributed by atoms with E-state index in [9.17, 15) is 13.2 Å². The van der Waals surface area contributed by atoms with Crippen molar-refractivity contribution >= 4 is 21.5 Å². The first-order valence-corrected chi connectivity index (χ1v) is 8.35. The summed E-state index contributed by atoms with van der Waals surface area (Å²) in [6, 6.07) is 6.43. The standard InChI is InChI=1S/C14H21NO4S/c1-3-9-20(18,19)13-7-5-12(6-8-13)15-10-11(4-2)14(16)17/h5-8,11,15H,3-4,9-10H2,1-2H3,(H,16,17). The van der Waals surface area contributed by atoms with Gasteiger partial charge in [-0.25, -0.2) is 8.42 Å². The Balaban J connectivity index is 2.70. The molecular formula is C14H21NO4S. The topological polar surface area (TPSA) is 83.5 Å². The van der Waals surface area contributed by atoms with Crippen LogP contribution in [0.3, 0.4) is 0 Å². The molecule has 0 aromatic heterocycles. The van der Waals surface area contributed by atoms with Gasteiger partial charge in [0.2, 0.25) is 0 Å². The molecule has 0 heterocycles. The van der Waals surface area contributed by atoms with Gasteiger partial charge in [0.1, 0.15) is 0 Å². The van der Waals surface area contributed by atoms with E-state index in [1.54, 1.807) is 24.3 Å². The molecule has 112 valence electrons. The molecule has 0 saturated carbocycles. The Labute approximate surface area is 119 Å². The molecule has 5 nitrogen and oxygen atoms in total. The number of hydrogen-bond donors (Lipinski definition) is 2. The lowest BCUT2D eigenvalue weighted by atomic mass is 10.1. The summed E-state index contributed by atoms with van der Waals surface area (Å²) >= 11 is 0. The molecule has 2 N–H and O–H groups in total. The van der Waals surface area contributed by atoms with Crippen molar-refractivity contribution in [1.29, 1.82) is 0 Å². The van der Waals surface area contributed by atoms with Gasteiger partial charge in [0.15, 0.2) is 9.84 Å². The van der Waals surface area contributed by atoms with Crippen molar-refractivity contribution in [3.63, 3.8) is 0 Å². The average molecular weight is 299 g/mol. The van der Waals surface area contributed by atoms with Crippen LogP contribution in [-0.4, -0.2) is 31.8 Å². The Kier molecular flexibility index (Phi) is 6.01. The summed E-state index contributed by atoms with van der Waals surface area (Å²) in [6.45, 7) is 3.97. The predicted molar refractivity (Wildman–Crippen MR) is 78.7 cm³/mol. The highest BCUT2D eigenvalue weighted by atomic mass is 32.2. The predicted octanol–water partition coefficient (Wildman–Crippen LogP) is 2.39. The number of carbonyl (C=O) groups is 1. The summed E-state index contributed by atoms with van der Waals surface area (Å²) in [4.78, 5) is 11.2. The molecule has 0 spiro atoms. The molecule has 0 amide bonds. The first-order valence-electron chi connectivity index (χ1n) is 6.70. The Morgan fingerprint density at radius 2 is 1.85 bits per heavy atom. The summed E-state index contributed by atoms with van der Waals surface area (Å²) in [7, 11) is -3.20. The van der Waals surface area contributed by atoms with Gasteiger partial charge in [-0.1, -0.05) is 13.8 Å². The lowest BCUT2D eigenvalue weighted by Crippen LogP contribution is -2.22. The van der Waals surface area contributed by atoms with Crippen LogP contribution in [-0.2, 0) is 14.6 Å². The van der Waals surface area contributed by atoms with Crippen LogP contribution in [0.4, 0.5) is 5.69 Å². The Hall–Kier alpha value is -1.56. The van der Waals surface area contributed by atoms with Crippen LogP contribution < -0.4 is 5.32 Å². The van der Waals surface area contributed by atoms with Gasteiger partial charge in [0.05, 0.1) is 16.6 Å². The largest absolute Gasteiger partial charge is 0.481 e. The quantitative estimate of drug-likeness (QED) is 0.770. The fourth-order valence-electron chi connectivity index (χ4n) is 1.81. The third-order valence-electron chi connectivity index (χ3n) is 3.08. The zero-order valence-electron chi connectivity index (χ0n) is 11.8. The molecular weight excluding hydrogens is 278 g/mol. The Morgan fingerprint density at radius 1 is 1.25 bits per heavy atom. The molecule has 0 saturated heterocycles. The number of nitrogens with one attached hydrogen (secondary N) is 1. The lowest BCUT2D eigenvalue weighted by molar-refractivity contribution is -0.141. The zero-order chi connectivity index (χ0) is 15.2. The van der Waals surface area contributed by atoms with Crippen LogP contribution in [0.25, 0.3) is 0 Å². The van der Waals surface area contributed by atoms with Crippen LogP contribution in [0.2, 0.25) is 0 Å². The molecule has 1 unspecified atom stereocenters. The molecule has 1 aromatic carbocycles. The Morgan fingerprint density at radius 3 is 2.30 bits per heavy atom. The van der Waals surface area contributed by atoms with Crippen LogP contribution in [0.1, 0.15) is 26.7 Å². The number of rotatable bonds is 8. The molecule has 0 aliphatic carbocycles. The lowest BCUT2D eigenvalue weighted by Gasteiger charge is -2.12. The van der Waals surface area contributed by atoms with Gasteiger partial charge in [-0.15, -0.1) is 0 Å². The van der Waals surface area contributed by atoms with Crippen LogP contribution in [0.15, 0.2) is 29.2 Å². The smallest absolute Gasteiger partial charge is 0.308 e. The zero-order valence-corrected chi connectivity index (χ0v) is 12.6. The maximum Gasteiger partial charge on any atom is 0.308 e. The second kappa shape index (κ2) is 7.28. The first-order chi connectivity index (χ1) is 9.40. The van der Waals surface area contributed by atoms with Gasteiger partial charge in [-0.05, 0) is 37.1 Å². The van der Waals surface area contributed by atoms with E-state index >= 15 is 0 Å². The fraction of sp³-hybridized carbons (Fsp3) is 0.500. The van der Waals surface area contributed by atoms with Crippen molar-refractivity contribution in [2.45, 2.75) is 31.6 Å². The summed E-state index contributed by atoms with van der Waals surface area (Å²) in [5.74, 6) is -1.14. The third kappa shape index (κ3) is 4.52. The molecule has 1 atom stereocenters. The van der Waals surface area contributed by atoms with Gasteiger partial charge >= 0.3 is 5.97 Å². The fourth-order valence-corrected chi connectivity index (χ4v) is 3.14. The maximum absolute atomic E-state index is 11.8. The van der Waals surface area contributed by atoms with E-state index in [0.717, 1.165) is 5.69 Å². The highest BCUT2D eigenvalue weighted by Gasteiger charge is 2.15. The first kappa shape index (κ1) is 16.5. The molecule has 6 heteroatoms. The van der Waals surface area contributed by atoms with E-state index < -0.39 is 21.7 Å². The maximum atomic E-state index is 11.8. The van der Waals surface area contributed by atoms with E-state index in [1.165, 1.54) is 0 Å². The van der Waals surface area contributed by atoms with E-state index in [-0.39, 0.29) is 5.75 Å². The number of carboxylic acids is 1. The Bertz CT molecular complexity index is 537. The summed E-state index contributed by atoms with van der Waals surface area (Å²) in [6.07, 6.45) is 1.13. The normalized spacial score (nSPS) is 12.9. The van der Waals surface area contributed by atoms with Gasteiger partial charge in [-0.2, -0.15) is 0 Å². The summed E-state index contributed by atoms with van der Waals surface area (Å²) < 4.78 is 23.7. The van der Waals surface area contributed by atoms with E-state index in [2.05, 4.69) is 5.32 Å². The molecule has 0 aliphatic heterocycles. The van der Waals surface area contributed by atoms with Crippen LogP contribution in [0, 0.1) is 5.92 Å². The van der Waals surface area contributed by atoms with Crippen LogP contribution >= 0.6 is 0 Å². The SMILES string of the molecule is CCCS(=O)(=O)c1ccc(NCC(CC)C(=O)O)cc1. The van der Waals surface area contributed by atoms with E-state index in [1.807, 2.05) is 13.8 Å². The van der Waals surface area contributed by atoms with Gasteiger partial charge in [-0.3, -0.25) is 4.79 Å². The minimum atomic E-state index is -3.20. The van der Waals surface area contributed by atoms with E-state index in [4.69, 9.17) is 5.11 Å². The van der Waals surface area contributed by atoms with Crippen molar-refractivity contribution in [2.24, 2.45) is 5.92 Å². The number of anilines is 1. The number of hydrogen-bond acceptors (Lipinski definition) is 4. The van der Waals surface area contributed by atoms with Gasteiger partial charge in [0.25, 0.3) is 0 Å².